The Morgan fingerprint density at radius 3 is 2.65 bits per heavy atom. The standard InChI is InChI=1S/C18H22BrNO3/c1-4-5-15(21)18(2,17(20)22)12-7-8-13-11(10-12)6-9-14(23-3)16(13)19/h6-10,15,21H,4-5H2,1-3H3,(H2,20,22). The molecule has 0 radical (unpaired) electrons. The van der Waals surface area contributed by atoms with E-state index in [0.29, 0.717) is 6.42 Å². The highest BCUT2D eigenvalue weighted by Gasteiger charge is 2.40. The first kappa shape index (κ1) is 17.8. The third-order valence-corrected chi connectivity index (χ3v) is 5.30. The van der Waals surface area contributed by atoms with Crippen LogP contribution in [0.4, 0.5) is 0 Å². The third-order valence-electron chi connectivity index (χ3n) is 4.48. The number of rotatable bonds is 6. The van der Waals surface area contributed by atoms with Crippen molar-refractivity contribution in [1.29, 1.82) is 0 Å². The fourth-order valence-corrected chi connectivity index (χ4v) is 3.47. The second-order valence-corrected chi connectivity index (χ2v) is 6.68. The van der Waals surface area contributed by atoms with Crippen LogP contribution in [0.15, 0.2) is 34.8 Å². The molecule has 2 aromatic rings. The van der Waals surface area contributed by atoms with Gasteiger partial charge in [-0.2, -0.15) is 0 Å². The number of hydrogen-bond donors (Lipinski definition) is 2. The van der Waals surface area contributed by atoms with Crippen molar-refractivity contribution in [3.63, 3.8) is 0 Å². The largest absolute Gasteiger partial charge is 0.496 e. The molecule has 0 aromatic heterocycles. The van der Waals surface area contributed by atoms with Crippen molar-refractivity contribution in [3.8, 4) is 5.75 Å². The van der Waals surface area contributed by atoms with E-state index in [9.17, 15) is 9.90 Å². The number of methoxy groups -OCH3 is 1. The summed E-state index contributed by atoms with van der Waals surface area (Å²) >= 11 is 3.53. The lowest BCUT2D eigenvalue weighted by molar-refractivity contribution is -0.127. The van der Waals surface area contributed by atoms with Gasteiger partial charge in [0.05, 0.1) is 23.1 Å². The number of aliphatic hydroxyl groups excluding tert-OH is 1. The molecule has 23 heavy (non-hydrogen) atoms. The molecule has 2 atom stereocenters. The minimum atomic E-state index is -1.11. The number of carbonyl (C=O) groups is 1. The summed E-state index contributed by atoms with van der Waals surface area (Å²) < 4.78 is 6.16. The van der Waals surface area contributed by atoms with Crippen molar-refractivity contribution < 1.29 is 14.6 Å². The molecule has 2 rings (SSSR count). The number of primary amides is 1. The van der Waals surface area contributed by atoms with Gasteiger partial charge in [0.15, 0.2) is 0 Å². The van der Waals surface area contributed by atoms with Crippen LogP contribution in [0.25, 0.3) is 10.8 Å². The Morgan fingerprint density at radius 2 is 2.09 bits per heavy atom. The summed E-state index contributed by atoms with van der Waals surface area (Å²) in [6.07, 6.45) is 0.480. The topological polar surface area (TPSA) is 72.5 Å². The quantitative estimate of drug-likeness (QED) is 0.806. The Bertz CT molecular complexity index is 732. The second kappa shape index (κ2) is 6.89. The molecule has 0 saturated carbocycles. The van der Waals surface area contributed by atoms with E-state index in [1.165, 1.54) is 0 Å². The lowest BCUT2D eigenvalue weighted by atomic mass is 9.74. The number of hydrogen-bond acceptors (Lipinski definition) is 3. The molecular formula is C18H22BrNO3. The normalized spacial score (nSPS) is 15.2. The van der Waals surface area contributed by atoms with Gasteiger partial charge in [0.2, 0.25) is 5.91 Å². The van der Waals surface area contributed by atoms with Gasteiger partial charge in [-0.1, -0.05) is 31.5 Å². The first-order valence-electron chi connectivity index (χ1n) is 7.61. The molecule has 1 amide bonds. The van der Waals surface area contributed by atoms with E-state index in [4.69, 9.17) is 10.5 Å². The zero-order valence-corrected chi connectivity index (χ0v) is 15.2. The lowest BCUT2D eigenvalue weighted by Crippen LogP contribution is -2.48. The Kier molecular flexibility index (Phi) is 5.32. The molecule has 4 nitrogen and oxygen atoms in total. The maximum atomic E-state index is 12.1. The van der Waals surface area contributed by atoms with Crippen LogP contribution in [0.5, 0.6) is 5.75 Å². The SMILES string of the molecule is CCCC(O)C(C)(C(N)=O)c1ccc2c(Br)c(OC)ccc2c1. The van der Waals surface area contributed by atoms with Crippen molar-refractivity contribution >= 4 is 32.6 Å². The average Bonchev–Trinajstić information content (AvgIpc) is 2.54. The number of nitrogens with two attached hydrogens (primary N) is 1. The smallest absolute Gasteiger partial charge is 0.230 e. The van der Waals surface area contributed by atoms with Crippen LogP contribution in [0.1, 0.15) is 32.3 Å². The van der Waals surface area contributed by atoms with Crippen molar-refractivity contribution in [3.05, 3.63) is 40.4 Å². The number of benzene rings is 2. The molecule has 0 saturated heterocycles. The third kappa shape index (κ3) is 3.08. The summed E-state index contributed by atoms with van der Waals surface area (Å²) in [5.74, 6) is 0.222. The Hall–Kier alpha value is -1.59. The Labute approximate surface area is 144 Å². The number of carbonyl (C=O) groups excluding carboxylic acids is 1. The molecule has 2 unspecified atom stereocenters. The van der Waals surface area contributed by atoms with Crippen LogP contribution >= 0.6 is 15.9 Å². The predicted molar refractivity (Wildman–Crippen MR) is 95.7 cm³/mol. The van der Waals surface area contributed by atoms with Crippen LogP contribution < -0.4 is 10.5 Å². The Balaban J connectivity index is 2.60. The highest BCUT2D eigenvalue weighted by atomic mass is 79.9. The van der Waals surface area contributed by atoms with E-state index >= 15 is 0 Å². The predicted octanol–water partition coefficient (Wildman–Crippen LogP) is 3.51. The van der Waals surface area contributed by atoms with E-state index in [2.05, 4.69) is 15.9 Å². The van der Waals surface area contributed by atoms with Crippen molar-refractivity contribution in [2.24, 2.45) is 5.73 Å². The summed E-state index contributed by atoms with van der Waals surface area (Å²) in [5.41, 5.74) is 5.23. The highest BCUT2D eigenvalue weighted by molar-refractivity contribution is 9.10. The van der Waals surface area contributed by atoms with Crippen LogP contribution in [-0.4, -0.2) is 24.2 Å². The first-order valence-corrected chi connectivity index (χ1v) is 8.40. The van der Waals surface area contributed by atoms with Crippen LogP contribution in [0, 0.1) is 0 Å². The fourth-order valence-electron chi connectivity index (χ4n) is 2.81. The van der Waals surface area contributed by atoms with E-state index in [1.807, 2.05) is 37.3 Å². The molecule has 0 heterocycles. The molecule has 0 aliphatic carbocycles. The summed E-state index contributed by atoms with van der Waals surface area (Å²) in [6.45, 7) is 3.67. The summed E-state index contributed by atoms with van der Waals surface area (Å²) in [6, 6.07) is 9.45. The average molecular weight is 380 g/mol. The Morgan fingerprint density at radius 1 is 1.39 bits per heavy atom. The van der Waals surface area contributed by atoms with Gasteiger partial charge in [-0.25, -0.2) is 0 Å². The van der Waals surface area contributed by atoms with Crippen LogP contribution in [0.3, 0.4) is 0 Å². The van der Waals surface area contributed by atoms with Crippen LogP contribution in [0.2, 0.25) is 0 Å². The summed E-state index contributed by atoms with van der Waals surface area (Å²) in [4.78, 5) is 12.1. The number of aliphatic hydroxyl groups is 1. The molecule has 0 bridgehead atoms. The fraction of sp³-hybridized carbons (Fsp3) is 0.389. The monoisotopic (exact) mass is 379 g/mol. The molecule has 5 heteroatoms. The molecule has 3 N–H and O–H groups in total. The van der Waals surface area contributed by atoms with Gasteiger partial charge in [0, 0.05) is 0 Å². The number of amides is 1. The second-order valence-electron chi connectivity index (χ2n) is 5.89. The van der Waals surface area contributed by atoms with Crippen molar-refractivity contribution in [1.82, 2.24) is 0 Å². The van der Waals surface area contributed by atoms with Gasteiger partial charge in [-0.05, 0) is 57.7 Å². The van der Waals surface area contributed by atoms with Gasteiger partial charge in [0.25, 0.3) is 0 Å². The van der Waals surface area contributed by atoms with E-state index in [0.717, 1.165) is 33.0 Å². The van der Waals surface area contributed by atoms with E-state index in [1.54, 1.807) is 14.0 Å². The molecule has 0 fully saturated rings. The lowest BCUT2D eigenvalue weighted by Gasteiger charge is -2.32. The zero-order chi connectivity index (χ0) is 17.2. The van der Waals surface area contributed by atoms with Gasteiger partial charge in [0.1, 0.15) is 5.75 Å². The van der Waals surface area contributed by atoms with Gasteiger partial charge >= 0.3 is 0 Å². The summed E-state index contributed by atoms with van der Waals surface area (Å²) in [5, 5.41) is 12.4. The summed E-state index contributed by atoms with van der Waals surface area (Å²) in [7, 11) is 1.62. The van der Waals surface area contributed by atoms with Gasteiger partial charge in [-0.15, -0.1) is 0 Å². The van der Waals surface area contributed by atoms with Crippen molar-refractivity contribution in [2.45, 2.75) is 38.2 Å². The maximum Gasteiger partial charge on any atom is 0.230 e. The number of ether oxygens (including phenoxy) is 1. The minimum absolute atomic E-state index is 0.518. The molecular weight excluding hydrogens is 358 g/mol. The van der Waals surface area contributed by atoms with Crippen molar-refractivity contribution in [2.75, 3.05) is 7.11 Å². The molecule has 0 aliphatic heterocycles. The van der Waals surface area contributed by atoms with Crippen LogP contribution in [-0.2, 0) is 10.2 Å². The van der Waals surface area contributed by atoms with E-state index in [-0.39, 0.29) is 0 Å². The minimum Gasteiger partial charge on any atom is -0.496 e. The zero-order valence-electron chi connectivity index (χ0n) is 13.6. The highest BCUT2D eigenvalue weighted by Crippen LogP contribution is 2.37. The van der Waals surface area contributed by atoms with Gasteiger partial charge < -0.3 is 15.6 Å². The molecule has 124 valence electrons. The van der Waals surface area contributed by atoms with Gasteiger partial charge in [-0.3, -0.25) is 4.79 Å². The van der Waals surface area contributed by atoms with E-state index < -0.39 is 17.4 Å². The maximum absolute atomic E-state index is 12.1. The number of fused-ring (bicyclic) bond motifs is 1. The molecule has 2 aromatic carbocycles. The molecule has 0 spiro atoms. The molecule has 0 aliphatic rings. The first-order chi connectivity index (χ1) is 10.9. The number of halogens is 1.